The number of aromatic nitrogens is 4. The number of aryl methyl sites for hydroxylation is 3. The predicted molar refractivity (Wildman–Crippen MR) is 117 cm³/mol. The van der Waals surface area contributed by atoms with E-state index in [1.165, 1.54) is 34.4 Å². The van der Waals surface area contributed by atoms with Gasteiger partial charge in [-0.25, -0.2) is 0 Å². The number of benzene rings is 2. The maximum Gasteiger partial charge on any atom is 0.0653 e. The molecule has 0 unspecified atom stereocenters. The van der Waals surface area contributed by atoms with Crippen molar-refractivity contribution < 1.29 is 0 Å². The lowest BCUT2D eigenvalue weighted by Gasteiger charge is -2.31. The number of anilines is 1. The van der Waals surface area contributed by atoms with E-state index in [0.717, 1.165) is 42.3 Å². The molecule has 3 heterocycles. The van der Waals surface area contributed by atoms with Crippen LogP contribution in [0.15, 0.2) is 54.6 Å². The number of hydrogen-bond acceptors (Lipinski definition) is 3. The Balaban J connectivity index is 1.36. The van der Waals surface area contributed by atoms with Gasteiger partial charge in [0.25, 0.3) is 0 Å². The maximum absolute atomic E-state index is 4.26. The van der Waals surface area contributed by atoms with Crippen LogP contribution in [0, 0.1) is 13.8 Å². The Labute approximate surface area is 170 Å². The summed E-state index contributed by atoms with van der Waals surface area (Å²) in [5.74, 6) is 0. The average Bonchev–Trinajstić information content (AvgIpc) is 3.37. The Kier molecular flexibility index (Phi) is 4.43. The smallest absolute Gasteiger partial charge is 0.0653 e. The summed E-state index contributed by atoms with van der Waals surface area (Å²) in [6.45, 7) is 6.04. The van der Waals surface area contributed by atoms with Crippen molar-refractivity contribution in [1.29, 1.82) is 0 Å². The molecule has 29 heavy (non-hydrogen) atoms. The van der Waals surface area contributed by atoms with Crippen LogP contribution >= 0.6 is 0 Å². The third-order valence-corrected chi connectivity index (χ3v) is 5.66. The van der Waals surface area contributed by atoms with Gasteiger partial charge in [0.15, 0.2) is 0 Å². The number of nitrogens with zero attached hydrogens (tertiary/aromatic N) is 3. The standard InChI is InChI=1S/C24H25N5/c1-16-12-22(27-25-16)19-7-5-18(6-8-19)15-29-11-3-4-21-14-20(9-10-24(21)29)23-13-17(2)26-28-23/h5-10,12-14H,3-4,11,15H2,1-2H3,(H,25,27)(H,26,28). The van der Waals surface area contributed by atoms with Gasteiger partial charge < -0.3 is 4.90 Å². The minimum absolute atomic E-state index is 0.928. The normalized spacial score (nSPS) is 13.5. The molecular weight excluding hydrogens is 358 g/mol. The van der Waals surface area contributed by atoms with Gasteiger partial charge in [-0.2, -0.15) is 10.2 Å². The molecule has 0 bridgehead atoms. The third-order valence-electron chi connectivity index (χ3n) is 5.66. The average molecular weight is 383 g/mol. The van der Waals surface area contributed by atoms with E-state index < -0.39 is 0 Å². The Morgan fingerprint density at radius 3 is 2.14 bits per heavy atom. The van der Waals surface area contributed by atoms with Crippen molar-refractivity contribution in [3.63, 3.8) is 0 Å². The highest BCUT2D eigenvalue weighted by molar-refractivity contribution is 5.68. The van der Waals surface area contributed by atoms with Gasteiger partial charge in [-0.05, 0) is 73.2 Å². The number of aromatic amines is 2. The molecule has 0 saturated carbocycles. The number of H-pyrrole nitrogens is 2. The minimum Gasteiger partial charge on any atom is -0.367 e. The predicted octanol–water partition coefficient (Wildman–Crippen LogP) is 5.04. The van der Waals surface area contributed by atoms with Gasteiger partial charge >= 0.3 is 0 Å². The molecule has 2 aromatic carbocycles. The van der Waals surface area contributed by atoms with Crippen molar-refractivity contribution in [3.8, 4) is 22.5 Å². The molecule has 146 valence electrons. The molecule has 0 amide bonds. The van der Waals surface area contributed by atoms with Crippen LogP contribution in [-0.4, -0.2) is 26.9 Å². The molecule has 2 N–H and O–H groups in total. The van der Waals surface area contributed by atoms with Crippen LogP contribution in [-0.2, 0) is 13.0 Å². The number of fused-ring (bicyclic) bond motifs is 1. The van der Waals surface area contributed by atoms with Crippen molar-refractivity contribution in [3.05, 3.63) is 77.1 Å². The van der Waals surface area contributed by atoms with Crippen molar-refractivity contribution >= 4 is 5.69 Å². The van der Waals surface area contributed by atoms with E-state index in [2.05, 4.69) is 79.9 Å². The summed E-state index contributed by atoms with van der Waals surface area (Å²) in [6.07, 6.45) is 2.31. The van der Waals surface area contributed by atoms with Crippen molar-refractivity contribution in [2.24, 2.45) is 0 Å². The van der Waals surface area contributed by atoms with E-state index in [0.29, 0.717) is 0 Å². The van der Waals surface area contributed by atoms with Crippen molar-refractivity contribution in [1.82, 2.24) is 20.4 Å². The molecule has 0 aliphatic carbocycles. The Hall–Kier alpha value is -3.34. The van der Waals surface area contributed by atoms with Crippen LogP contribution in [0.2, 0.25) is 0 Å². The highest BCUT2D eigenvalue weighted by Crippen LogP contribution is 2.32. The van der Waals surface area contributed by atoms with E-state index in [-0.39, 0.29) is 0 Å². The summed E-state index contributed by atoms with van der Waals surface area (Å²) < 4.78 is 0. The topological polar surface area (TPSA) is 60.6 Å². The largest absolute Gasteiger partial charge is 0.367 e. The van der Waals surface area contributed by atoms with Crippen LogP contribution in [0.25, 0.3) is 22.5 Å². The van der Waals surface area contributed by atoms with E-state index >= 15 is 0 Å². The first-order valence-corrected chi connectivity index (χ1v) is 10.2. The zero-order chi connectivity index (χ0) is 19.8. The fourth-order valence-electron chi connectivity index (χ4n) is 4.16. The zero-order valence-electron chi connectivity index (χ0n) is 16.9. The van der Waals surface area contributed by atoms with Crippen LogP contribution in [0.5, 0.6) is 0 Å². The molecule has 0 fully saturated rings. The molecule has 1 aliphatic heterocycles. The quantitative estimate of drug-likeness (QED) is 0.519. The first kappa shape index (κ1) is 17.7. The highest BCUT2D eigenvalue weighted by atomic mass is 15.1. The number of rotatable bonds is 4. The summed E-state index contributed by atoms with van der Waals surface area (Å²) in [6, 6.07) is 19.8. The summed E-state index contributed by atoms with van der Waals surface area (Å²) >= 11 is 0. The van der Waals surface area contributed by atoms with Crippen molar-refractivity contribution in [2.75, 3.05) is 11.4 Å². The minimum atomic E-state index is 0.928. The van der Waals surface area contributed by atoms with Gasteiger partial charge in [0.05, 0.1) is 22.8 Å². The van der Waals surface area contributed by atoms with E-state index in [1.807, 2.05) is 13.8 Å². The summed E-state index contributed by atoms with van der Waals surface area (Å²) in [4.78, 5) is 2.50. The molecule has 5 heteroatoms. The molecule has 0 atom stereocenters. The Morgan fingerprint density at radius 2 is 1.48 bits per heavy atom. The fraction of sp³-hybridized carbons (Fsp3) is 0.250. The SMILES string of the molecule is Cc1cc(-c2ccc(CN3CCCc4cc(-c5cc(C)n[nH]5)ccc43)cc2)[nH]n1. The lowest BCUT2D eigenvalue weighted by molar-refractivity contribution is 0.691. The Morgan fingerprint density at radius 1 is 0.828 bits per heavy atom. The number of nitrogens with one attached hydrogen (secondary N) is 2. The van der Waals surface area contributed by atoms with Gasteiger partial charge in [0.1, 0.15) is 0 Å². The van der Waals surface area contributed by atoms with Gasteiger partial charge in [-0.3, -0.25) is 10.2 Å². The molecule has 4 aromatic rings. The molecule has 1 aliphatic rings. The first-order valence-electron chi connectivity index (χ1n) is 10.2. The first-order chi connectivity index (χ1) is 14.2. The summed E-state index contributed by atoms with van der Waals surface area (Å²) in [5.41, 5.74) is 10.7. The second-order valence-corrected chi connectivity index (χ2v) is 7.91. The monoisotopic (exact) mass is 383 g/mol. The third kappa shape index (κ3) is 3.56. The van der Waals surface area contributed by atoms with E-state index in [4.69, 9.17) is 0 Å². The molecular formula is C24H25N5. The molecule has 5 nitrogen and oxygen atoms in total. The molecule has 0 spiro atoms. The van der Waals surface area contributed by atoms with E-state index in [1.54, 1.807) is 0 Å². The van der Waals surface area contributed by atoms with Crippen LogP contribution in [0.1, 0.15) is 28.9 Å². The van der Waals surface area contributed by atoms with E-state index in [9.17, 15) is 0 Å². The van der Waals surface area contributed by atoms with Gasteiger partial charge in [-0.15, -0.1) is 0 Å². The fourth-order valence-corrected chi connectivity index (χ4v) is 4.16. The van der Waals surface area contributed by atoms with Gasteiger partial charge in [0.2, 0.25) is 0 Å². The lowest BCUT2D eigenvalue weighted by Crippen LogP contribution is -2.28. The van der Waals surface area contributed by atoms with Gasteiger partial charge in [-0.1, -0.05) is 30.3 Å². The number of hydrogen-bond donors (Lipinski definition) is 2. The van der Waals surface area contributed by atoms with Crippen molar-refractivity contribution in [2.45, 2.75) is 33.2 Å². The van der Waals surface area contributed by atoms with Crippen LogP contribution in [0.4, 0.5) is 5.69 Å². The molecule has 0 saturated heterocycles. The molecule has 2 aromatic heterocycles. The summed E-state index contributed by atoms with van der Waals surface area (Å²) in [5, 5.41) is 14.7. The Bertz CT molecular complexity index is 1140. The molecule has 0 radical (unpaired) electrons. The second kappa shape index (κ2) is 7.24. The van der Waals surface area contributed by atoms with Gasteiger partial charge in [0, 0.05) is 18.8 Å². The lowest BCUT2D eigenvalue weighted by atomic mass is 9.97. The summed E-state index contributed by atoms with van der Waals surface area (Å²) in [7, 11) is 0. The zero-order valence-corrected chi connectivity index (χ0v) is 16.9. The highest BCUT2D eigenvalue weighted by Gasteiger charge is 2.18. The van der Waals surface area contributed by atoms with Crippen LogP contribution in [0.3, 0.4) is 0 Å². The second-order valence-electron chi connectivity index (χ2n) is 7.91. The molecule has 5 rings (SSSR count). The van der Waals surface area contributed by atoms with Crippen LogP contribution < -0.4 is 4.90 Å². The maximum atomic E-state index is 4.26.